The number of furan rings is 1. The monoisotopic (exact) mass is 356 g/mol. The second kappa shape index (κ2) is 7.25. The lowest BCUT2D eigenvalue weighted by Gasteiger charge is -2.21. The molecule has 0 saturated carbocycles. The second-order valence-corrected chi connectivity index (χ2v) is 7.34. The Bertz CT molecular complexity index is 810. The highest BCUT2D eigenvalue weighted by Crippen LogP contribution is 2.27. The summed E-state index contributed by atoms with van der Waals surface area (Å²) >= 11 is 1.79. The van der Waals surface area contributed by atoms with Crippen molar-refractivity contribution in [3.05, 3.63) is 53.4 Å². The maximum absolute atomic E-state index is 12.5. The molecule has 1 aliphatic rings. The quantitative estimate of drug-likeness (QED) is 0.780. The van der Waals surface area contributed by atoms with E-state index in [2.05, 4.69) is 27.2 Å². The minimum Gasteiger partial charge on any atom is -0.472 e. The molecule has 7 heteroatoms. The van der Waals surface area contributed by atoms with Crippen molar-refractivity contribution < 1.29 is 9.21 Å². The number of aromatic amines is 1. The molecule has 0 spiro atoms. The highest BCUT2D eigenvalue weighted by Gasteiger charge is 2.21. The van der Waals surface area contributed by atoms with Gasteiger partial charge in [0.05, 0.1) is 22.4 Å². The van der Waals surface area contributed by atoms with Gasteiger partial charge in [0.1, 0.15) is 6.26 Å². The summed E-state index contributed by atoms with van der Waals surface area (Å²) in [6, 6.07) is 8.04. The normalized spacial score (nSPS) is 16.1. The lowest BCUT2D eigenvalue weighted by molar-refractivity contribution is 0.0760. The first-order valence-electron chi connectivity index (χ1n) is 8.42. The molecule has 0 bridgehead atoms. The first kappa shape index (κ1) is 16.1. The summed E-state index contributed by atoms with van der Waals surface area (Å²) in [5, 5.41) is 7.02. The minimum atomic E-state index is 0.0632. The molecule has 1 saturated heterocycles. The Labute approximate surface area is 150 Å². The summed E-state index contributed by atoms with van der Waals surface area (Å²) < 4.78 is 5.03. The Morgan fingerprint density at radius 1 is 1.20 bits per heavy atom. The predicted octanol–water partition coefficient (Wildman–Crippen LogP) is 3.08. The number of hydrogen-bond acceptors (Lipinski definition) is 5. The van der Waals surface area contributed by atoms with Crippen LogP contribution in [0.1, 0.15) is 21.7 Å². The van der Waals surface area contributed by atoms with Gasteiger partial charge in [0, 0.05) is 43.8 Å². The fraction of sp³-hybridized carbons (Fsp3) is 0.333. The van der Waals surface area contributed by atoms with Crippen LogP contribution in [0.15, 0.2) is 47.4 Å². The van der Waals surface area contributed by atoms with Crippen LogP contribution in [-0.4, -0.2) is 52.1 Å². The number of rotatable bonds is 4. The number of nitrogens with one attached hydrogen (secondary N) is 1. The smallest absolute Gasteiger partial charge is 0.257 e. The summed E-state index contributed by atoms with van der Waals surface area (Å²) in [6.07, 6.45) is 5.83. The second-order valence-electron chi connectivity index (χ2n) is 6.17. The predicted molar refractivity (Wildman–Crippen MR) is 96.4 cm³/mol. The van der Waals surface area contributed by atoms with Crippen molar-refractivity contribution in [1.82, 2.24) is 20.0 Å². The van der Waals surface area contributed by atoms with Crippen molar-refractivity contribution in [2.75, 3.05) is 26.2 Å². The zero-order valence-electron chi connectivity index (χ0n) is 13.9. The van der Waals surface area contributed by atoms with Crippen LogP contribution in [0.2, 0.25) is 0 Å². The molecule has 0 atom stereocenters. The molecule has 25 heavy (non-hydrogen) atoms. The van der Waals surface area contributed by atoms with Gasteiger partial charge in [-0.2, -0.15) is 5.10 Å². The van der Waals surface area contributed by atoms with Gasteiger partial charge in [0.25, 0.3) is 5.91 Å². The first-order chi connectivity index (χ1) is 12.3. The summed E-state index contributed by atoms with van der Waals surface area (Å²) in [7, 11) is 0. The standard InChI is InChI=1S/C18H20N4O2S/c23-18(14-5-11-24-13-14)22-8-1-7-21(9-10-22)12-15-2-3-17(25-15)16-4-6-19-20-16/h2-6,11,13H,1,7-10,12H2,(H,19,20). The molecule has 3 aromatic rings. The van der Waals surface area contributed by atoms with E-state index in [4.69, 9.17) is 4.42 Å². The van der Waals surface area contributed by atoms with Gasteiger partial charge >= 0.3 is 0 Å². The topological polar surface area (TPSA) is 65.4 Å². The summed E-state index contributed by atoms with van der Waals surface area (Å²) in [5.74, 6) is 0.0632. The molecule has 1 fully saturated rings. The lowest BCUT2D eigenvalue weighted by Crippen LogP contribution is -2.34. The SMILES string of the molecule is O=C(c1ccoc1)N1CCCN(Cc2ccc(-c3ccn[nH]3)s2)CC1. The van der Waals surface area contributed by atoms with E-state index in [9.17, 15) is 4.79 Å². The average molecular weight is 356 g/mol. The van der Waals surface area contributed by atoms with Gasteiger partial charge in [-0.3, -0.25) is 14.8 Å². The number of H-pyrrole nitrogens is 1. The van der Waals surface area contributed by atoms with Crippen molar-refractivity contribution in [3.63, 3.8) is 0 Å². The van der Waals surface area contributed by atoms with Crippen molar-refractivity contribution in [2.24, 2.45) is 0 Å². The van der Waals surface area contributed by atoms with Gasteiger partial charge in [0.2, 0.25) is 0 Å². The van der Waals surface area contributed by atoms with Gasteiger partial charge in [-0.1, -0.05) is 0 Å². The number of carbonyl (C=O) groups is 1. The van der Waals surface area contributed by atoms with Crippen molar-refractivity contribution >= 4 is 17.2 Å². The third kappa shape index (κ3) is 3.67. The number of thiophene rings is 1. The Morgan fingerprint density at radius 3 is 2.96 bits per heavy atom. The highest BCUT2D eigenvalue weighted by atomic mass is 32.1. The summed E-state index contributed by atoms with van der Waals surface area (Å²) in [6.45, 7) is 4.37. The summed E-state index contributed by atoms with van der Waals surface area (Å²) in [4.78, 5) is 19.3. The van der Waals surface area contributed by atoms with Crippen LogP contribution in [0, 0.1) is 0 Å². The summed E-state index contributed by atoms with van der Waals surface area (Å²) in [5.41, 5.74) is 1.69. The Hall–Kier alpha value is -2.38. The van der Waals surface area contributed by atoms with Crippen LogP contribution in [0.25, 0.3) is 10.6 Å². The van der Waals surface area contributed by atoms with E-state index < -0.39 is 0 Å². The number of aromatic nitrogens is 2. The largest absolute Gasteiger partial charge is 0.472 e. The molecule has 0 radical (unpaired) electrons. The number of amides is 1. The van der Waals surface area contributed by atoms with E-state index in [-0.39, 0.29) is 5.91 Å². The van der Waals surface area contributed by atoms with Crippen molar-refractivity contribution in [2.45, 2.75) is 13.0 Å². The average Bonchev–Trinajstić information content (AvgIpc) is 3.36. The molecule has 6 nitrogen and oxygen atoms in total. The molecule has 130 valence electrons. The van der Waals surface area contributed by atoms with Gasteiger partial charge < -0.3 is 9.32 Å². The molecule has 1 amide bonds. The van der Waals surface area contributed by atoms with E-state index >= 15 is 0 Å². The van der Waals surface area contributed by atoms with Gasteiger partial charge in [0.15, 0.2) is 0 Å². The Morgan fingerprint density at radius 2 is 2.16 bits per heavy atom. The molecular formula is C18H20N4O2S. The minimum absolute atomic E-state index is 0.0632. The fourth-order valence-corrected chi connectivity index (χ4v) is 4.15. The van der Waals surface area contributed by atoms with Crippen LogP contribution in [-0.2, 0) is 6.54 Å². The van der Waals surface area contributed by atoms with Crippen LogP contribution in [0.4, 0.5) is 0 Å². The maximum Gasteiger partial charge on any atom is 0.257 e. The van der Waals surface area contributed by atoms with Crippen molar-refractivity contribution in [3.8, 4) is 10.6 Å². The van der Waals surface area contributed by atoms with Crippen LogP contribution >= 0.6 is 11.3 Å². The molecule has 1 aliphatic heterocycles. The van der Waals surface area contributed by atoms with E-state index in [0.717, 1.165) is 44.8 Å². The van der Waals surface area contributed by atoms with Crippen LogP contribution < -0.4 is 0 Å². The van der Waals surface area contributed by atoms with Crippen LogP contribution in [0.3, 0.4) is 0 Å². The van der Waals surface area contributed by atoms with Gasteiger partial charge in [-0.05, 0) is 30.7 Å². The number of hydrogen-bond donors (Lipinski definition) is 1. The third-order valence-electron chi connectivity index (χ3n) is 4.45. The molecule has 4 rings (SSSR count). The number of carbonyl (C=O) groups excluding carboxylic acids is 1. The van der Waals surface area contributed by atoms with E-state index in [1.807, 2.05) is 11.0 Å². The number of nitrogens with zero attached hydrogens (tertiary/aromatic N) is 3. The maximum atomic E-state index is 12.5. The molecule has 0 aliphatic carbocycles. The fourth-order valence-electron chi connectivity index (χ4n) is 3.12. The zero-order chi connectivity index (χ0) is 17.1. The molecule has 3 aromatic heterocycles. The van der Waals surface area contributed by atoms with E-state index in [1.54, 1.807) is 29.9 Å². The Kier molecular flexibility index (Phi) is 4.67. The highest BCUT2D eigenvalue weighted by molar-refractivity contribution is 7.15. The van der Waals surface area contributed by atoms with Gasteiger partial charge in [-0.25, -0.2) is 0 Å². The molecule has 0 aromatic carbocycles. The van der Waals surface area contributed by atoms with E-state index in [0.29, 0.717) is 5.56 Å². The first-order valence-corrected chi connectivity index (χ1v) is 9.23. The van der Waals surface area contributed by atoms with Crippen LogP contribution in [0.5, 0.6) is 0 Å². The lowest BCUT2D eigenvalue weighted by atomic mass is 10.3. The zero-order valence-corrected chi connectivity index (χ0v) is 14.7. The Balaban J connectivity index is 1.36. The molecule has 4 heterocycles. The third-order valence-corrected chi connectivity index (χ3v) is 5.55. The molecular weight excluding hydrogens is 336 g/mol. The van der Waals surface area contributed by atoms with Gasteiger partial charge in [-0.15, -0.1) is 11.3 Å². The molecule has 0 unspecified atom stereocenters. The van der Waals surface area contributed by atoms with Crippen molar-refractivity contribution in [1.29, 1.82) is 0 Å². The van der Waals surface area contributed by atoms with E-state index in [1.165, 1.54) is 16.0 Å². The molecule has 1 N–H and O–H groups in total.